The number of pyridine rings is 1. The van der Waals surface area contributed by atoms with E-state index in [1.54, 1.807) is 0 Å². The fraction of sp³-hybridized carbons (Fsp3) is 0. The average molecular weight is 198 g/mol. The number of hydrogen-bond acceptors (Lipinski definition) is 5. The lowest BCUT2D eigenvalue weighted by Gasteiger charge is -1.99. The molecular weight excluding hydrogens is 194 g/mol. The standard InChI is InChI=1S/C6H5N3O3S/c10-13(11,12)6-8-4-1-2-7-3-5(4)9-6/h1-3H,(H,8,9)(H,10,11,12)/p-1. The lowest BCUT2D eigenvalue weighted by molar-refractivity contribution is 0.456. The third-order valence-electron chi connectivity index (χ3n) is 1.50. The Morgan fingerprint density at radius 1 is 1.46 bits per heavy atom. The molecule has 0 aliphatic heterocycles. The molecule has 68 valence electrons. The minimum atomic E-state index is -4.51. The van der Waals surface area contributed by atoms with Gasteiger partial charge in [0, 0.05) is 6.20 Å². The molecule has 2 aromatic heterocycles. The molecule has 0 aliphatic rings. The summed E-state index contributed by atoms with van der Waals surface area (Å²) in [6.45, 7) is 0. The van der Waals surface area contributed by atoms with Crippen LogP contribution in [0.4, 0.5) is 0 Å². The van der Waals surface area contributed by atoms with Crippen molar-refractivity contribution < 1.29 is 13.0 Å². The van der Waals surface area contributed by atoms with E-state index in [4.69, 9.17) is 0 Å². The van der Waals surface area contributed by atoms with E-state index in [1.165, 1.54) is 18.5 Å². The first-order valence-corrected chi connectivity index (χ1v) is 4.74. The van der Waals surface area contributed by atoms with Gasteiger partial charge in [-0.05, 0) is 6.07 Å². The largest absolute Gasteiger partial charge is 0.742 e. The molecule has 6 nitrogen and oxygen atoms in total. The summed E-state index contributed by atoms with van der Waals surface area (Å²) in [6, 6.07) is 1.51. The van der Waals surface area contributed by atoms with Crippen molar-refractivity contribution in [1.29, 1.82) is 0 Å². The van der Waals surface area contributed by atoms with Crippen LogP contribution in [0.2, 0.25) is 0 Å². The second kappa shape index (κ2) is 2.51. The average Bonchev–Trinajstić information content (AvgIpc) is 2.45. The maximum absolute atomic E-state index is 10.5. The molecule has 1 N–H and O–H groups in total. The van der Waals surface area contributed by atoms with Gasteiger partial charge in [0.15, 0.2) is 10.1 Å². The molecular formula is C6H4N3O3S-. The number of nitrogens with zero attached hydrogens (tertiary/aromatic N) is 2. The molecule has 7 heteroatoms. The summed E-state index contributed by atoms with van der Waals surface area (Å²) in [5, 5.41) is -0.574. The number of rotatable bonds is 1. The molecule has 0 spiro atoms. The van der Waals surface area contributed by atoms with Crippen LogP contribution in [-0.2, 0) is 10.1 Å². The third-order valence-corrected chi connectivity index (χ3v) is 2.17. The molecule has 0 aliphatic carbocycles. The molecule has 2 heterocycles. The fourth-order valence-corrected chi connectivity index (χ4v) is 1.40. The van der Waals surface area contributed by atoms with Crippen molar-refractivity contribution in [2.75, 3.05) is 0 Å². The summed E-state index contributed by atoms with van der Waals surface area (Å²) in [5.41, 5.74) is 0.835. The monoisotopic (exact) mass is 198 g/mol. The number of nitrogens with one attached hydrogen (secondary N) is 1. The first-order chi connectivity index (χ1) is 6.07. The third kappa shape index (κ3) is 1.38. The Bertz CT molecular complexity index is 512. The quantitative estimate of drug-likeness (QED) is 0.643. The van der Waals surface area contributed by atoms with Crippen molar-refractivity contribution in [3.05, 3.63) is 18.5 Å². The van der Waals surface area contributed by atoms with Crippen LogP contribution < -0.4 is 0 Å². The molecule has 0 fully saturated rings. The van der Waals surface area contributed by atoms with Crippen molar-refractivity contribution in [2.45, 2.75) is 5.16 Å². The molecule has 0 saturated heterocycles. The van der Waals surface area contributed by atoms with Gasteiger partial charge in [-0.2, -0.15) is 0 Å². The maximum Gasteiger partial charge on any atom is 0.213 e. The van der Waals surface area contributed by atoms with Crippen LogP contribution in [0.1, 0.15) is 0 Å². The number of H-pyrrole nitrogens is 1. The number of imidazole rings is 1. The van der Waals surface area contributed by atoms with E-state index in [0.717, 1.165) is 0 Å². The molecule has 0 atom stereocenters. The van der Waals surface area contributed by atoms with E-state index < -0.39 is 15.3 Å². The van der Waals surface area contributed by atoms with Gasteiger partial charge in [0.1, 0.15) is 0 Å². The minimum Gasteiger partial charge on any atom is -0.742 e. The Kier molecular flexibility index (Phi) is 1.57. The first kappa shape index (κ1) is 8.14. The van der Waals surface area contributed by atoms with E-state index in [0.29, 0.717) is 11.0 Å². The van der Waals surface area contributed by atoms with Gasteiger partial charge in [0.05, 0.1) is 17.2 Å². The van der Waals surface area contributed by atoms with Gasteiger partial charge in [-0.25, -0.2) is 13.4 Å². The Morgan fingerprint density at radius 3 is 2.85 bits per heavy atom. The van der Waals surface area contributed by atoms with Crippen molar-refractivity contribution in [2.24, 2.45) is 0 Å². The van der Waals surface area contributed by atoms with Crippen LogP contribution in [0, 0.1) is 0 Å². The second-order valence-electron chi connectivity index (χ2n) is 2.39. The zero-order valence-corrected chi connectivity index (χ0v) is 7.08. The van der Waals surface area contributed by atoms with E-state index >= 15 is 0 Å². The SMILES string of the molecule is O=S(=O)([O-])c1nc2ccncc2[nH]1. The van der Waals surface area contributed by atoms with Gasteiger partial charge >= 0.3 is 0 Å². The van der Waals surface area contributed by atoms with Gasteiger partial charge in [0.2, 0.25) is 5.16 Å². The fourth-order valence-electron chi connectivity index (χ4n) is 0.952. The van der Waals surface area contributed by atoms with Crippen molar-refractivity contribution in [1.82, 2.24) is 15.0 Å². The predicted octanol–water partition coefficient (Wildman–Crippen LogP) is -0.138. The highest BCUT2D eigenvalue weighted by molar-refractivity contribution is 7.85. The Morgan fingerprint density at radius 2 is 2.23 bits per heavy atom. The highest BCUT2D eigenvalue weighted by Gasteiger charge is 2.07. The normalized spacial score (nSPS) is 12.1. The molecule has 2 rings (SSSR count). The molecule has 13 heavy (non-hydrogen) atoms. The van der Waals surface area contributed by atoms with Crippen LogP contribution in [0.15, 0.2) is 23.6 Å². The van der Waals surface area contributed by atoms with Crippen molar-refractivity contribution in [3.8, 4) is 0 Å². The number of aromatic nitrogens is 3. The molecule has 0 unspecified atom stereocenters. The number of fused-ring (bicyclic) bond motifs is 1. The van der Waals surface area contributed by atoms with Crippen molar-refractivity contribution in [3.63, 3.8) is 0 Å². The predicted molar refractivity (Wildman–Crippen MR) is 41.9 cm³/mol. The van der Waals surface area contributed by atoms with Gasteiger partial charge in [-0.3, -0.25) is 4.98 Å². The van der Waals surface area contributed by atoms with Gasteiger partial charge in [-0.1, -0.05) is 0 Å². The highest BCUT2D eigenvalue weighted by Crippen LogP contribution is 2.11. The van der Waals surface area contributed by atoms with Crippen LogP contribution in [-0.4, -0.2) is 27.9 Å². The molecule has 0 amide bonds. The van der Waals surface area contributed by atoms with Gasteiger partial charge in [-0.15, -0.1) is 0 Å². The van der Waals surface area contributed by atoms with Crippen molar-refractivity contribution >= 4 is 21.2 Å². The van der Waals surface area contributed by atoms with Crippen LogP contribution >= 0.6 is 0 Å². The molecule has 0 saturated carbocycles. The van der Waals surface area contributed by atoms with E-state index in [2.05, 4.69) is 15.0 Å². The zero-order valence-electron chi connectivity index (χ0n) is 6.26. The summed E-state index contributed by atoms with van der Waals surface area (Å²) in [7, 11) is -4.51. The lowest BCUT2D eigenvalue weighted by atomic mass is 10.4. The summed E-state index contributed by atoms with van der Waals surface area (Å²) in [4.78, 5) is 9.69. The van der Waals surface area contributed by atoms with E-state index in [1.807, 2.05) is 0 Å². The van der Waals surface area contributed by atoms with Gasteiger partial charge < -0.3 is 9.54 Å². The maximum atomic E-state index is 10.5. The Balaban J connectivity index is 2.77. The lowest BCUT2D eigenvalue weighted by Crippen LogP contribution is -2.00. The smallest absolute Gasteiger partial charge is 0.213 e. The zero-order chi connectivity index (χ0) is 9.47. The minimum absolute atomic E-state index is 0.407. The number of aromatic amines is 1. The van der Waals surface area contributed by atoms with E-state index in [9.17, 15) is 13.0 Å². The molecule has 0 bridgehead atoms. The molecule has 0 aromatic carbocycles. The first-order valence-electron chi connectivity index (χ1n) is 3.33. The molecule has 0 radical (unpaired) electrons. The highest BCUT2D eigenvalue weighted by atomic mass is 32.2. The Hall–Kier alpha value is -1.47. The summed E-state index contributed by atoms with van der Waals surface area (Å²) >= 11 is 0. The van der Waals surface area contributed by atoms with Crippen LogP contribution in [0.3, 0.4) is 0 Å². The second-order valence-corrected chi connectivity index (χ2v) is 3.68. The summed E-state index contributed by atoms with van der Waals surface area (Å²) < 4.78 is 31.6. The Labute approximate surface area is 73.4 Å². The summed E-state index contributed by atoms with van der Waals surface area (Å²) in [6.07, 6.45) is 2.86. The van der Waals surface area contributed by atoms with Crippen LogP contribution in [0.5, 0.6) is 0 Å². The molecule has 2 aromatic rings. The van der Waals surface area contributed by atoms with Crippen LogP contribution in [0.25, 0.3) is 11.0 Å². The number of hydrogen-bond donors (Lipinski definition) is 1. The topological polar surface area (TPSA) is 98.8 Å². The van der Waals surface area contributed by atoms with E-state index in [-0.39, 0.29) is 0 Å². The summed E-state index contributed by atoms with van der Waals surface area (Å²) in [5.74, 6) is 0. The van der Waals surface area contributed by atoms with Gasteiger partial charge in [0.25, 0.3) is 0 Å².